The van der Waals surface area contributed by atoms with Crippen molar-refractivity contribution in [2.24, 2.45) is 0 Å². The van der Waals surface area contributed by atoms with Crippen molar-refractivity contribution < 1.29 is 34.7 Å². The number of hydrogen-bond acceptors (Lipinski definition) is 8. The van der Waals surface area contributed by atoms with Crippen molar-refractivity contribution >= 4 is 24.3 Å². The summed E-state index contributed by atoms with van der Waals surface area (Å²) in [6.07, 6.45) is -2.52. The fraction of sp³-hybridized carbons (Fsp3) is 0.600. The summed E-state index contributed by atoms with van der Waals surface area (Å²) in [6, 6.07) is 1.45. The van der Waals surface area contributed by atoms with Crippen LogP contribution in [-0.4, -0.2) is 70.6 Å². The molecule has 1 aliphatic rings. The van der Waals surface area contributed by atoms with Crippen molar-refractivity contribution in [2.75, 3.05) is 12.3 Å². The number of aliphatic hydroxyl groups is 3. The Morgan fingerprint density at radius 3 is 2.26 bits per heavy atom. The molecule has 0 aromatic carbocycles. The predicted molar refractivity (Wildman–Crippen MR) is 81.6 cm³/mol. The zero-order valence-electron chi connectivity index (χ0n) is 11.7. The predicted octanol–water partition coefficient (Wildman–Crippen LogP) is -3.51. The van der Waals surface area contributed by atoms with E-state index in [9.17, 15) is 15.0 Å². The maximum atomic E-state index is 11.5. The maximum absolute atomic E-state index is 11.5. The standard InChI is InChI=1S/C10H15N3O5.H3O3PS/c11-7-1-2-13(10(17)12-7)3-5-8(15)9(16)6(4-14)18-5;1-4(2,3)5/h1-2,5-6,8-9,14-16H,3-4H2,(H2,11,12,17);(H3,1,2,3,5)/t5-,6+,8-,9+;/m0./s1. The van der Waals surface area contributed by atoms with E-state index in [2.05, 4.69) is 16.8 Å². The topological polar surface area (TPSA) is 192 Å². The molecule has 0 saturated carbocycles. The largest absolute Gasteiger partial charge is 0.394 e. The van der Waals surface area contributed by atoms with Gasteiger partial charge in [0.25, 0.3) is 0 Å². The second kappa shape index (κ2) is 8.24. The summed E-state index contributed by atoms with van der Waals surface area (Å²) in [7, 11) is 0. The lowest BCUT2D eigenvalue weighted by atomic mass is 10.1. The van der Waals surface area contributed by atoms with Crippen LogP contribution in [0, 0.1) is 0 Å². The van der Waals surface area contributed by atoms with Gasteiger partial charge >= 0.3 is 12.4 Å². The number of nitrogen functional groups attached to an aromatic ring is 1. The van der Waals surface area contributed by atoms with Gasteiger partial charge in [0.15, 0.2) is 0 Å². The lowest BCUT2D eigenvalue weighted by Gasteiger charge is -2.15. The summed E-state index contributed by atoms with van der Waals surface area (Å²) >= 11 is 3.60. The molecule has 0 unspecified atom stereocenters. The van der Waals surface area contributed by atoms with Gasteiger partial charge in [-0.2, -0.15) is 4.98 Å². The summed E-state index contributed by atoms with van der Waals surface area (Å²) < 4.78 is 6.47. The molecular weight excluding hydrogens is 353 g/mol. The Morgan fingerprint density at radius 2 is 1.83 bits per heavy atom. The molecule has 1 saturated heterocycles. The van der Waals surface area contributed by atoms with Gasteiger partial charge in [0, 0.05) is 6.20 Å². The summed E-state index contributed by atoms with van der Waals surface area (Å²) in [6.45, 7) is -4.18. The fourth-order valence-corrected chi connectivity index (χ4v) is 1.90. The SMILES string of the molecule is Nc1ccn(C[C@@H]2O[C@H](CO)[C@@H](O)[C@H]2O)c(=O)n1.OP(O)(O)=S. The van der Waals surface area contributed by atoms with E-state index in [1.165, 1.54) is 16.8 Å². The van der Waals surface area contributed by atoms with E-state index in [-0.39, 0.29) is 12.4 Å². The third-order valence-corrected chi connectivity index (χ3v) is 2.91. The summed E-state index contributed by atoms with van der Waals surface area (Å²) in [4.78, 5) is 37.7. The van der Waals surface area contributed by atoms with Crippen molar-refractivity contribution in [3.63, 3.8) is 0 Å². The van der Waals surface area contributed by atoms with E-state index < -0.39 is 43.4 Å². The van der Waals surface area contributed by atoms with Crippen LogP contribution in [0.3, 0.4) is 0 Å². The molecule has 0 spiro atoms. The molecule has 1 aromatic rings. The Hall–Kier alpha value is -0.950. The third-order valence-electron chi connectivity index (χ3n) is 2.91. The molecule has 0 radical (unpaired) electrons. The Bertz CT molecular complexity index is 614. The van der Waals surface area contributed by atoms with Gasteiger partial charge in [-0.3, -0.25) is 4.57 Å². The molecule has 0 amide bonds. The van der Waals surface area contributed by atoms with Crippen LogP contribution in [0.1, 0.15) is 0 Å². The van der Waals surface area contributed by atoms with Crippen LogP contribution in [0.2, 0.25) is 0 Å². The van der Waals surface area contributed by atoms with Crippen LogP contribution >= 0.6 is 6.72 Å². The Kier molecular flexibility index (Phi) is 7.20. The average molecular weight is 371 g/mol. The van der Waals surface area contributed by atoms with E-state index >= 15 is 0 Å². The van der Waals surface area contributed by atoms with Crippen molar-refractivity contribution in [2.45, 2.75) is 31.0 Å². The highest BCUT2D eigenvalue weighted by molar-refractivity contribution is 8.06. The maximum Gasteiger partial charge on any atom is 0.349 e. The normalized spacial score (nSPS) is 27.4. The van der Waals surface area contributed by atoms with Crippen LogP contribution in [0.25, 0.3) is 0 Å². The number of nitrogens with two attached hydrogens (primary N) is 1. The van der Waals surface area contributed by atoms with E-state index in [1.807, 2.05) is 0 Å². The minimum absolute atomic E-state index is 0.0286. The second-order valence-corrected chi connectivity index (χ2v) is 7.17. The molecule has 11 nitrogen and oxygen atoms in total. The van der Waals surface area contributed by atoms with Gasteiger partial charge in [0.05, 0.1) is 13.2 Å². The third kappa shape index (κ3) is 6.59. The van der Waals surface area contributed by atoms with Crippen LogP contribution in [0.4, 0.5) is 5.82 Å². The number of aliphatic hydroxyl groups excluding tert-OH is 3. The van der Waals surface area contributed by atoms with E-state index in [0.29, 0.717) is 0 Å². The van der Waals surface area contributed by atoms with Gasteiger partial charge in [-0.1, -0.05) is 0 Å². The second-order valence-electron chi connectivity index (χ2n) is 4.68. The lowest BCUT2D eigenvalue weighted by Crippen LogP contribution is -2.37. The summed E-state index contributed by atoms with van der Waals surface area (Å²) in [5, 5.41) is 28.2. The van der Waals surface area contributed by atoms with Crippen LogP contribution in [-0.2, 0) is 23.1 Å². The lowest BCUT2D eigenvalue weighted by molar-refractivity contribution is -0.0269. The number of anilines is 1. The van der Waals surface area contributed by atoms with Gasteiger partial charge in [0.2, 0.25) is 0 Å². The molecule has 23 heavy (non-hydrogen) atoms. The molecule has 2 rings (SSSR count). The zero-order chi connectivity index (χ0) is 17.8. The Morgan fingerprint density at radius 1 is 1.30 bits per heavy atom. The highest BCUT2D eigenvalue weighted by Gasteiger charge is 2.42. The number of nitrogens with zero attached hydrogens (tertiary/aromatic N) is 2. The molecule has 1 aliphatic heterocycles. The van der Waals surface area contributed by atoms with E-state index in [1.54, 1.807) is 0 Å². The quantitative estimate of drug-likeness (QED) is 0.261. The molecule has 8 N–H and O–H groups in total. The Labute approximate surface area is 135 Å². The molecule has 13 heteroatoms. The van der Waals surface area contributed by atoms with Crippen molar-refractivity contribution in [1.82, 2.24) is 9.55 Å². The van der Waals surface area contributed by atoms with Gasteiger partial charge in [-0.15, -0.1) is 0 Å². The molecular formula is C10H18N3O8PS. The zero-order valence-corrected chi connectivity index (χ0v) is 13.4. The molecule has 0 bridgehead atoms. The molecule has 1 aromatic heterocycles. The smallest absolute Gasteiger partial charge is 0.349 e. The monoisotopic (exact) mass is 371 g/mol. The first kappa shape index (κ1) is 20.1. The van der Waals surface area contributed by atoms with Crippen molar-refractivity contribution in [1.29, 1.82) is 0 Å². The van der Waals surface area contributed by atoms with Crippen molar-refractivity contribution in [3.8, 4) is 0 Å². The van der Waals surface area contributed by atoms with Crippen LogP contribution in [0.15, 0.2) is 17.1 Å². The highest BCUT2D eigenvalue weighted by Crippen LogP contribution is 2.26. The van der Waals surface area contributed by atoms with Gasteiger partial charge in [-0.05, 0) is 17.9 Å². The minimum Gasteiger partial charge on any atom is -0.394 e. The number of hydrogen-bond donors (Lipinski definition) is 7. The molecule has 132 valence electrons. The van der Waals surface area contributed by atoms with E-state index in [0.717, 1.165) is 0 Å². The number of ether oxygens (including phenoxy) is 1. The number of rotatable bonds is 3. The van der Waals surface area contributed by atoms with Gasteiger partial charge in [-0.25, -0.2) is 4.79 Å². The molecule has 2 heterocycles. The average Bonchev–Trinajstić information content (AvgIpc) is 2.68. The number of aromatic nitrogens is 2. The fourth-order valence-electron chi connectivity index (χ4n) is 1.90. The first-order valence-electron chi connectivity index (χ1n) is 6.26. The minimum atomic E-state index is -3.81. The molecule has 1 fully saturated rings. The highest BCUT2D eigenvalue weighted by atomic mass is 32.5. The van der Waals surface area contributed by atoms with Gasteiger partial charge < -0.3 is 40.5 Å². The summed E-state index contributed by atoms with van der Waals surface area (Å²) in [5.74, 6) is 0.109. The molecule has 0 aliphatic carbocycles. The van der Waals surface area contributed by atoms with Gasteiger partial charge in [0.1, 0.15) is 30.2 Å². The van der Waals surface area contributed by atoms with E-state index in [4.69, 9.17) is 30.3 Å². The van der Waals surface area contributed by atoms with Crippen molar-refractivity contribution in [3.05, 3.63) is 22.7 Å². The van der Waals surface area contributed by atoms with Crippen LogP contribution < -0.4 is 11.4 Å². The first-order chi connectivity index (χ1) is 10.5. The Balaban J connectivity index is 0.000000463. The van der Waals surface area contributed by atoms with Crippen LogP contribution in [0.5, 0.6) is 0 Å². The molecule has 4 atom stereocenters. The first-order valence-corrected chi connectivity index (χ1v) is 8.92. The summed E-state index contributed by atoms with van der Waals surface area (Å²) in [5.41, 5.74) is 4.79.